The van der Waals surface area contributed by atoms with Gasteiger partial charge in [-0.15, -0.1) is 10.2 Å². The molecule has 3 aromatic carbocycles. The van der Waals surface area contributed by atoms with Gasteiger partial charge < -0.3 is 13.9 Å². The van der Waals surface area contributed by atoms with Crippen molar-refractivity contribution in [2.45, 2.75) is 10.9 Å². The van der Waals surface area contributed by atoms with Crippen molar-refractivity contribution in [2.75, 3.05) is 14.2 Å². The number of thioether (sulfide) groups is 1. The summed E-state index contributed by atoms with van der Waals surface area (Å²) >= 11 is 1.55. The second-order valence-corrected chi connectivity index (χ2v) is 8.31. The molecule has 0 bridgehead atoms. The molecule has 170 valence electrons. The molecule has 0 radical (unpaired) electrons. The number of rotatable bonds is 8. The van der Waals surface area contributed by atoms with E-state index in [1.54, 1.807) is 32.2 Å². The van der Waals surface area contributed by atoms with E-state index in [1.807, 2.05) is 83.4 Å². The van der Waals surface area contributed by atoms with Crippen LogP contribution in [0.1, 0.15) is 5.69 Å². The van der Waals surface area contributed by atoms with Crippen molar-refractivity contribution < 1.29 is 13.9 Å². The number of benzene rings is 3. The van der Waals surface area contributed by atoms with E-state index in [2.05, 4.69) is 15.2 Å². The highest BCUT2D eigenvalue weighted by molar-refractivity contribution is 7.98. The van der Waals surface area contributed by atoms with E-state index >= 15 is 0 Å². The van der Waals surface area contributed by atoms with Crippen LogP contribution >= 0.6 is 11.8 Å². The largest absolute Gasteiger partial charge is 0.497 e. The summed E-state index contributed by atoms with van der Waals surface area (Å²) < 4.78 is 18.3. The maximum atomic E-state index is 5.68. The summed E-state index contributed by atoms with van der Waals surface area (Å²) in [6.07, 6.45) is 1.69. The Morgan fingerprint density at radius 2 is 1.47 bits per heavy atom. The lowest BCUT2D eigenvalue weighted by molar-refractivity contribution is 0.414. The molecule has 0 atom stereocenters. The lowest BCUT2D eigenvalue weighted by atomic mass is 10.2. The number of nitrogens with zero attached hydrogens (tertiary/aromatic N) is 4. The molecule has 0 spiro atoms. The van der Waals surface area contributed by atoms with E-state index in [4.69, 9.17) is 13.9 Å². The second kappa shape index (κ2) is 9.84. The van der Waals surface area contributed by atoms with Crippen molar-refractivity contribution in [1.29, 1.82) is 0 Å². The van der Waals surface area contributed by atoms with E-state index in [0.29, 0.717) is 11.6 Å². The van der Waals surface area contributed by atoms with Crippen LogP contribution in [0.25, 0.3) is 28.5 Å². The van der Waals surface area contributed by atoms with Gasteiger partial charge in [0.15, 0.2) is 11.0 Å². The first-order valence-corrected chi connectivity index (χ1v) is 11.6. The van der Waals surface area contributed by atoms with Gasteiger partial charge in [0.1, 0.15) is 17.8 Å². The predicted octanol–water partition coefficient (Wildman–Crippen LogP) is 5.90. The Bertz CT molecular complexity index is 1360. The van der Waals surface area contributed by atoms with Gasteiger partial charge in [-0.25, -0.2) is 4.98 Å². The third kappa shape index (κ3) is 4.53. The van der Waals surface area contributed by atoms with E-state index in [-0.39, 0.29) is 0 Å². The molecular formula is C26H22N4O3S. The van der Waals surface area contributed by atoms with Gasteiger partial charge >= 0.3 is 0 Å². The van der Waals surface area contributed by atoms with Crippen LogP contribution in [0.15, 0.2) is 94.7 Å². The summed E-state index contributed by atoms with van der Waals surface area (Å²) in [5.41, 5.74) is 3.65. The SMILES string of the molecule is COc1ccc(-c2nnc(SCc3coc(-c4ccccc4)n3)n2-c2ccc(OC)cc2)cc1. The number of methoxy groups -OCH3 is 2. The zero-order valence-corrected chi connectivity index (χ0v) is 19.5. The fourth-order valence-corrected chi connectivity index (χ4v) is 4.31. The Hall–Kier alpha value is -4.04. The second-order valence-electron chi connectivity index (χ2n) is 7.37. The summed E-state index contributed by atoms with van der Waals surface area (Å²) in [5.74, 6) is 3.50. The zero-order valence-electron chi connectivity index (χ0n) is 18.7. The summed E-state index contributed by atoms with van der Waals surface area (Å²) in [6.45, 7) is 0. The molecule has 0 aliphatic heterocycles. The molecular weight excluding hydrogens is 448 g/mol. The smallest absolute Gasteiger partial charge is 0.226 e. The van der Waals surface area contributed by atoms with Crippen LogP contribution in [0.2, 0.25) is 0 Å². The van der Waals surface area contributed by atoms with Crippen LogP contribution in [-0.4, -0.2) is 34.0 Å². The number of ether oxygens (including phenoxy) is 2. The highest BCUT2D eigenvalue weighted by Crippen LogP contribution is 2.31. The van der Waals surface area contributed by atoms with E-state index < -0.39 is 0 Å². The normalized spacial score (nSPS) is 10.9. The molecule has 7 nitrogen and oxygen atoms in total. The number of hydrogen-bond donors (Lipinski definition) is 0. The highest BCUT2D eigenvalue weighted by Gasteiger charge is 2.17. The summed E-state index contributed by atoms with van der Waals surface area (Å²) in [4.78, 5) is 4.63. The molecule has 2 heterocycles. The molecule has 0 saturated heterocycles. The molecule has 0 fully saturated rings. The number of oxazole rings is 1. The average molecular weight is 471 g/mol. The first-order chi connectivity index (χ1) is 16.7. The van der Waals surface area contributed by atoms with Gasteiger partial charge in [0, 0.05) is 22.6 Å². The fourth-order valence-electron chi connectivity index (χ4n) is 3.48. The molecule has 5 aromatic rings. The topological polar surface area (TPSA) is 75.2 Å². The highest BCUT2D eigenvalue weighted by atomic mass is 32.2. The molecule has 0 aliphatic carbocycles. The maximum Gasteiger partial charge on any atom is 0.226 e. The quantitative estimate of drug-likeness (QED) is 0.261. The minimum atomic E-state index is 0.591. The minimum absolute atomic E-state index is 0.591. The predicted molar refractivity (Wildman–Crippen MR) is 131 cm³/mol. The Labute approximate surface area is 201 Å². The van der Waals surface area contributed by atoms with Crippen molar-refractivity contribution >= 4 is 11.8 Å². The van der Waals surface area contributed by atoms with Gasteiger partial charge in [-0.3, -0.25) is 4.57 Å². The van der Waals surface area contributed by atoms with Crippen molar-refractivity contribution in [2.24, 2.45) is 0 Å². The first kappa shape index (κ1) is 21.8. The monoisotopic (exact) mass is 470 g/mol. The van der Waals surface area contributed by atoms with Gasteiger partial charge in [-0.2, -0.15) is 0 Å². The number of hydrogen-bond acceptors (Lipinski definition) is 7. The Balaban J connectivity index is 1.45. The van der Waals surface area contributed by atoms with Crippen LogP contribution in [0.3, 0.4) is 0 Å². The van der Waals surface area contributed by atoms with Crippen molar-refractivity contribution in [3.05, 3.63) is 90.8 Å². The molecule has 0 saturated carbocycles. The minimum Gasteiger partial charge on any atom is -0.497 e. The van der Waals surface area contributed by atoms with Crippen LogP contribution in [-0.2, 0) is 5.75 Å². The molecule has 0 aliphatic rings. The van der Waals surface area contributed by atoms with Gasteiger partial charge in [0.25, 0.3) is 0 Å². The zero-order chi connectivity index (χ0) is 23.3. The van der Waals surface area contributed by atoms with E-state index in [1.165, 1.54) is 0 Å². The number of aromatic nitrogens is 4. The van der Waals surface area contributed by atoms with Gasteiger partial charge in [-0.05, 0) is 60.7 Å². The standard InChI is InChI=1S/C26H22N4O3S/c1-31-22-12-8-18(9-13-22)24-28-29-26(30(24)21-10-14-23(32-2)15-11-21)34-17-20-16-33-25(27-20)19-6-4-3-5-7-19/h3-16H,17H2,1-2H3. The van der Waals surface area contributed by atoms with E-state index in [0.717, 1.165) is 45.0 Å². The third-order valence-corrected chi connectivity index (χ3v) is 6.20. The fraction of sp³-hybridized carbons (Fsp3) is 0.115. The molecule has 2 aromatic heterocycles. The molecule has 8 heteroatoms. The molecule has 0 unspecified atom stereocenters. The van der Waals surface area contributed by atoms with Gasteiger partial charge in [0.05, 0.1) is 19.9 Å². The van der Waals surface area contributed by atoms with Gasteiger partial charge in [0.2, 0.25) is 5.89 Å². The lowest BCUT2D eigenvalue weighted by Crippen LogP contribution is -2.00. The van der Waals surface area contributed by atoms with Crippen LogP contribution in [0, 0.1) is 0 Å². The summed E-state index contributed by atoms with van der Waals surface area (Å²) in [7, 11) is 3.30. The van der Waals surface area contributed by atoms with E-state index in [9.17, 15) is 0 Å². The van der Waals surface area contributed by atoms with Gasteiger partial charge in [-0.1, -0.05) is 30.0 Å². The molecule has 0 amide bonds. The Morgan fingerprint density at radius 3 is 2.15 bits per heavy atom. The van der Waals surface area contributed by atoms with Crippen LogP contribution in [0.4, 0.5) is 0 Å². The lowest BCUT2D eigenvalue weighted by Gasteiger charge is -2.11. The molecule has 5 rings (SSSR count). The van der Waals surface area contributed by atoms with Crippen LogP contribution < -0.4 is 9.47 Å². The van der Waals surface area contributed by atoms with Crippen molar-refractivity contribution in [3.63, 3.8) is 0 Å². The van der Waals surface area contributed by atoms with Crippen molar-refractivity contribution in [1.82, 2.24) is 19.7 Å². The molecule has 34 heavy (non-hydrogen) atoms. The molecule has 0 N–H and O–H groups in total. The maximum absolute atomic E-state index is 5.68. The van der Waals surface area contributed by atoms with Crippen molar-refractivity contribution in [3.8, 4) is 40.0 Å². The summed E-state index contributed by atoms with van der Waals surface area (Å²) in [6, 6.07) is 25.4. The third-order valence-electron chi connectivity index (χ3n) is 5.23. The average Bonchev–Trinajstić information content (AvgIpc) is 3.55. The summed E-state index contributed by atoms with van der Waals surface area (Å²) in [5, 5.41) is 9.74. The first-order valence-electron chi connectivity index (χ1n) is 10.6. The van der Waals surface area contributed by atoms with Crippen LogP contribution in [0.5, 0.6) is 11.5 Å². The Kier molecular flexibility index (Phi) is 6.31. The Morgan fingerprint density at radius 1 is 0.794 bits per heavy atom.